The first-order valence-corrected chi connectivity index (χ1v) is 12.1. The molecule has 0 aromatic heterocycles. The molecular formula is C29H33NO7. The third kappa shape index (κ3) is 7.72. The van der Waals surface area contributed by atoms with Crippen molar-refractivity contribution in [1.29, 1.82) is 0 Å². The molecule has 3 rings (SSSR count). The second kappa shape index (κ2) is 13.9. The van der Waals surface area contributed by atoms with Crippen LogP contribution in [0.25, 0.3) is 0 Å². The topological polar surface area (TPSA) is 92.3 Å². The summed E-state index contributed by atoms with van der Waals surface area (Å²) in [5.74, 6) is 1.61. The molecule has 0 amide bonds. The summed E-state index contributed by atoms with van der Waals surface area (Å²) in [7, 11) is 3.14. The monoisotopic (exact) mass is 507 g/mol. The van der Waals surface area contributed by atoms with Crippen molar-refractivity contribution in [3.8, 4) is 23.0 Å². The van der Waals surface area contributed by atoms with Crippen LogP contribution in [0.15, 0.2) is 66.7 Å². The molecule has 0 aliphatic rings. The van der Waals surface area contributed by atoms with Crippen LogP contribution < -0.4 is 19.5 Å². The van der Waals surface area contributed by atoms with Crippen LogP contribution in [0.5, 0.6) is 23.0 Å². The molecule has 0 fully saturated rings. The highest BCUT2D eigenvalue weighted by atomic mass is 16.5. The van der Waals surface area contributed by atoms with Gasteiger partial charge in [0.25, 0.3) is 0 Å². The molecule has 0 saturated heterocycles. The van der Waals surface area contributed by atoms with E-state index in [1.54, 1.807) is 52.3 Å². The molecule has 0 heterocycles. The minimum atomic E-state index is -0.698. The van der Waals surface area contributed by atoms with E-state index in [2.05, 4.69) is 5.32 Å². The van der Waals surface area contributed by atoms with E-state index in [0.717, 1.165) is 5.56 Å². The van der Waals surface area contributed by atoms with Gasteiger partial charge in [0.05, 0.1) is 33.0 Å². The van der Waals surface area contributed by atoms with E-state index >= 15 is 0 Å². The molecule has 0 radical (unpaired) electrons. The molecule has 1 N–H and O–H groups in total. The quantitative estimate of drug-likeness (QED) is 0.326. The number of hydrogen-bond donors (Lipinski definition) is 1. The number of carbonyl (C=O) groups is 2. The van der Waals surface area contributed by atoms with Crippen molar-refractivity contribution in [2.75, 3.05) is 27.4 Å². The van der Waals surface area contributed by atoms with Crippen molar-refractivity contribution in [2.24, 2.45) is 0 Å². The molecule has 196 valence electrons. The Kier molecular flexibility index (Phi) is 10.3. The molecule has 8 nitrogen and oxygen atoms in total. The van der Waals surface area contributed by atoms with Gasteiger partial charge in [-0.05, 0) is 61.4 Å². The number of esters is 2. The predicted octanol–water partition coefficient (Wildman–Crippen LogP) is 4.94. The van der Waals surface area contributed by atoms with Gasteiger partial charge in [-0.3, -0.25) is 10.1 Å². The number of methoxy groups -OCH3 is 2. The molecule has 0 aliphatic heterocycles. The van der Waals surface area contributed by atoms with Crippen molar-refractivity contribution in [1.82, 2.24) is 5.32 Å². The summed E-state index contributed by atoms with van der Waals surface area (Å²) in [5.41, 5.74) is 1.82. The first-order chi connectivity index (χ1) is 18.0. The first kappa shape index (κ1) is 27.5. The fourth-order valence-electron chi connectivity index (χ4n) is 3.77. The van der Waals surface area contributed by atoms with Crippen molar-refractivity contribution < 1.29 is 33.3 Å². The maximum atomic E-state index is 12.9. The summed E-state index contributed by atoms with van der Waals surface area (Å²) in [4.78, 5) is 25.5. The van der Waals surface area contributed by atoms with Crippen LogP contribution in [0.2, 0.25) is 0 Å². The van der Waals surface area contributed by atoms with E-state index in [0.29, 0.717) is 40.5 Å². The molecule has 3 aromatic carbocycles. The van der Waals surface area contributed by atoms with Gasteiger partial charge in [-0.25, -0.2) is 4.79 Å². The van der Waals surface area contributed by atoms with Gasteiger partial charge in [-0.2, -0.15) is 0 Å². The zero-order chi connectivity index (χ0) is 26.6. The molecule has 0 saturated carbocycles. The number of para-hydroxylation sites is 1. The Morgan fingerprint density at radius 2 is 1.51 bits per heavy atom. The molecule has 8 heteroatoms. The normalized spacial score (nSPS) is 11.4. The molecule has 37 heavy (non-hydrogen) atoms. The zero-order valence-corrected chi connectivity index (χ0v) is 21.6. The van der Waals surface area contributed by atoms with Gasteiger partial charge in [0.15, 0.2) is 0 Å². The maximum absolute atomic E-state index is 12.9. The van der Waals surface area contributed by atoms with Crippen molar-refractivity contribution in [3.05, 3.63) is 83.4 Å². The Morgan fingerprint density at radius 3 is 2.19 bits per heavy atom. The Labute approximate surface area is 217 Å². The number of carbonyl (C=O) groups excluding carboxylic acids is 2. The van der Waals surface area contributed by atoms with E-state index in [9.17, 15) is 9.59 Å². The standard InChI is InChI=1S/C29H33NO7/c1-5-35-28(31)25-15-14-24(37-22-10-8-7-9-11-22)16-21(25)19-30-26(29(32)36-6-2)17-20-12-13-23(33-3)18-27(20)34-4/h7-16,18,26,30H,5-6,17,19H2,1-4H3. The highest BCUT2D eigenvalue weighted by molar-refractivity contribution is 5.91. The predicted molar refractivity (Wildman–Crippen MR) is 139 cm³/mol. The molecule has 0 bridgehead atoms. The minimum Gasteiger partial charge on any atom is -0.497 e. The number of hydrogen-bond acceptors (Lipinski definition) is 8. The van der Waals surface area contributed by atoms with Crippen molar-refractivity contribution >= 4 is 11.9 Å². The molecule has 1 atom stereocenters. The average Bonchev–Trinajstić information content (AvgIpc) is 2.92. The molecule has 0 aliphatic carbocycles. The minimum absolute atomic E-state index is 0.197. The Hall–Kier alpha value is -4.04. The summed E-state index contributed by atoms with van der Waals surface area (Å²) in [6.45, 7) is 4.19. The van der Waals surface area contributed by atoms with E-state index in [-0.39, 0.29) is 19.8 Å². The van der Waals surface area contributed by atoms with E-state index in [1.165, 1.54) is 0 Å². The number of nitrogens with one attached hydrogen (secondary N) is 1. The average molecular weight is 508 g/mol. The smallest absolute Gasteiger partial charge is 0.338 e. The van der Waals surface area contributed by atoms with E-state index < -0.39 is 18.0 Å². The third-order valence-electron chi connectivity index (χ3n) is 5.58. The summed E-state index contributed by atoms with van der Waals surface area (Å²) in [6, 6.07) is 19.2. The summed E-state index contributed by atoms with van der Waals surface area (Å²) < 4.78 is 27.3. The largest absolute Gasteiger partial charge is 0.497 e. The SMILES string of the molecule is CCOC(=O)c1ccc(Oc2ccccc2)cc1CNC(Cc1ccc(OC)cc1OC)C(=O)OCC. The fourth-order valence-corrected chi connectivity index (χ4v) is 3.77. The first-order valence-electron chi connectivity index (χ1n) is 12.1. The van der Waals surface area contributed by atoms with Crippen molar-refractivity contribution in [2.45, 2.75) is 32.9 Å². The van der Waals surface area contributed by atoms with Crippen LogP contribution in [0.1, 0.15) is 35.3 Å². The van der Waals surface area contributed by atoms with Gasteiger partial charge in [0.1, 0.15) is 29.0 Å². The van der Waals surface area contributed by atoms with Gasteiger partial charge < -0.3 is 23.7 Å². The molecule has 1 unspecified atom stereocenters. The van der Waals surface area contributed by atoms with E-state index in [4.69, 9.17) is 23.7 Å². The summed E-state index contributed by atoms with van der Waals surface area (Å²) in [5, 5.41) is 3.25. The Balaban J connectivity index is 1.87. The van der Waals surface area contributed by atoms with Gasteiger partial charge in [0, 0.05) is 19.0 Å². The maximum Gasteiger partial charge on any atom is 0.338 e. The Morgan fingerprint density at radius 1 is 0.784 bits per heavy atom. The number of ether oxygens (including phenoxy) is 5. The van der Waals surface area contributed by atoms with Gasteiger partial charge in [-0.15, -0.1) is 0 Å². The lowest BCUT2D eigenvalue weighted by atomic mass is 10.0. The van der Waals surface area contributed by atoms with Gasteiger partial charge >= 0.3 is 11.9 Å². The lowest BCUT2D eigenvalue weighted by Gasteiger charge is -2.20. The lowest BCUT2D eigenvalue weighted by molar-refractivity contribution is -0.145. The number of benzene rings is 3. The second-order valence-corrected chi connectivity index (χ2v) is 8.02. The van der Waals surface area contributed by atoms with Crippen LogP contribution in [-0.2, 0) is 27.2 Å². The highest BCUT2D eigenvalue weighted by Crippen LogP contribution is 2.27. The molecular weight excluding hydrogens is 474 g/mol. The van der Waals surface area contributed by atoms with Crippen LogP contribution in [0, 0.1) is 0 Å². The highest BCUT2D eigenvalue weighted by Gasteiger charge is 2.23. The Bertz CT molecular complexity index is 1180. The molecule has 3 aromatic rings. The molecule has 0 spiro atoms. The third-order valence-corrected chi connectivity index (χ3v) is 5.58. The fraction of sp³-hybridized carbons (Fsp3) is 0.310. The number of rotatable bonds is 13. The van der Waals surface area contributed by atoms with Crippen molar-refractivity contribution in [3.63, 3.8) is 0 Å². The van der Waals surface area contributed by atoms with Gasteiger partial charge in [0.2, 0.25) is 0 Å². The van der Waals surface area contributed by atoms with Gasteiger partial charge in [-0.1, -0.05) is 24.3 Å². The zero-order valence-electron chi connectivity index (χ0n) is 21.6. The van der Waals surface area contributed by atoms with E-state index in [1.807, 2.05) is 42.5 Å². The summed E-state index contributed by atoms with van der Waals surface area (Å²) >= 11 is 0. The van der Waals surface area contributed by atoms with Crippen LogP contribution in [-0.4, -0.2) is 45.4 Å². The lowest BCUT2D eigenvalue weighted by Crippen LogP contribution is -2.40. The van der Waals surface area contributed by atoms with Crippen LogP contribution in [0.4, 0.5) is 0 Å². The summed E-state index contributed by atoms with van der Waals surface area (Å²) in [6.07, 6.45) is 0.306. The second-order valence-electron chi connectivity index (χ2n) is 8.02. The van der Waals surface area contributed by atoms with Crippen LogP contribution in [0.3, 0.4) is 0 Å². The van der Waals surface area contributed by atoms with Crippen LogP contribution >= 0.6 is 0 Å².